The van der Waals surface area contributed by atoms with Crippen LogP contribution in [0.3, 0.4) is 0 Å². The standard InChI is InChI=1S/C50H97NO5/c1-3-5-7-9-11-13-14-15-16-17-18-19-20-21-22-23-24-25-26-27-28-29-30-31-32-33-34-36-37-39-41-43-47(53)49(55)46(45-52)51-50(56)48(54)44-42-40-38-35-12-10-8-6-4-2/h10,12,36-37,46-49,52-55H,3-9,11,13-35,38-45H2,1-2H3,(H,51,56)/b12-10-,37-36+. The van der Waals surface area contributed by atoms with Crippen molar-refractivity contribution in [3.63, 3.8) is 0 Å². The summed E-state index contributed by atoms with van der Waals surface area (Å²) < 4.78 is 0. The van der Waals surface area contributed by atoms with E-state index in [4.69, 9.17) is 0 Å². The van der Waals surface area contributed by atoms with Gasteiger partial charge in [-0.15, -0.1) is 0 Å². The Kier molecular flexibility index (Phi) is 43.9. The zero-order valence-corrected chi connectivity index (χ0v) is 37.4. The van der Waals surface area contributed by atoms with Gasteiger partial charge in [-0.1, -0.05) is 224 Å². The van der Waals surface area contributed by atoms with Crippen LogP contribution in [0.4, 0.5) is 0 Å². The number of hydrogen-bond donors (Lipinski definition) is 5. The average molecular weight is 792 g/mol. The minimum atomic E-state index is -1.28. The second-order valence-corrected chi connectivity index (χ2v) is 17.2. The number of allylic oxidation sites excluding steroid dienone is 4. The van der Waals surface area contributed by atoms with Gasteiger partial charge in [-0.3, -0.25) is 4.79 Å². The van der Waals surface area contributed by atoms with Gasteiger partial charge in [0.2, 0.25) is 5.91 Å². The maximum absolute atomic E-state index is 12.4. The summed E-state index contributed by atoms with van der Waals surface area (Å²) in [5.74, 6) is -0.608. The molecule has 0 fully saturated rings. The third-order valence-corrected chi connectivity index (χ3v) is 11.6. The van der Waals surface area contributed by atoms with E-state index >= 15 is 0 Å². The summed E-state index contributed by atoms with van der Waals surface area (Å²) in [7, 11) is 0. The van der Waals surface area contributed by atoms with Crippen molar-refractivity contribution in [2.24, 2.45) is 0 Å². The number of aliphatic hydroxyl groups is 4. The molecule has 0 bridgehead atoms. The maximum atomic E-state index is 12.4. The van der Waals surface area contributed by atoms with E-state index in [-0.39, 0.29) is 0 Å². The summed E-state index contributed by atoms with van der Waals surface area (Å²) in [6.07, 6.45) is 52.7. The van der Waals surface area contributed by atoms with Crippen molar-refractivity contribution in [3.05, 3.63) is 24.3 Å². The smallest absolute Gasteiger partial charge is 0.249 e. The number of hydrogen-bond acceptors (Lipinski definition) is 5. The topological polar surface area (TPSA) is 110 Å². The number of rotatable bonds is 45. The van der Waals surface area contributed by atoms with E-state index in [1.807, 2.05) is 0 Å². The zero-order chi connectivity index (χ0) is 41.0. The van der Waals surface area contributed by atoms with Crippen LogP contribution in [0.5, 0.6) is 0 Å². The minimum Gasteiger partial charge on any atom is -0.394 e. The van der Waals surface area contributed by atoms with Crippen molar-refractivity contribution in [1.82, 2.24) is 5.32 Å². The van der Waals surface area contributed by atoms with Crippen LogP contribution < -0.4 is 5.32 Å². The van der Waals surface area contributed by atoms with Crippen LogP contribution in [0.15, 0.2) is 24.3 Å². The molecule has 0 rings (SSSR count). The molecule has 0 heterocycles. The Morgan fingerprint density at radius 2 is 0.750 bits per heavy atom. The molecule has 6 heteroatoms. The van der Waals surface area contributed by atoms with Crippen molar-refractivity contribution in [2.75, 3.05) is 6.61 Å². The number of nitrogens with one attached hydrogen (secondary N) is 1. The first kappa shape index (κ1) is 54.8. The van der Waals surface area contributed by atoms with Crippen LogP contribution in [0.1, 0.15) is 258 Å². The van der Waals surface area contributed by atoms with Gasteiger partial charge >= 0.3 is 0 Å². The third kappa shape index (κ3) is 38.3. The molecule has 0 aliphatic carbocycles. The van der Waals surface area contributed by atoms with Crippen molar-refractivity contribution in [1.29, 1.82) is 0 Å². The summed E-state index contributed by atoms with van der Waals surface area (Å²) in [5, 5.41) is 43.5. The first-order valence-corrected chi connectivity index (χ1v) is 24.7. The van der Waals surface area contributed by atoms with Crippen molar-refractivity contribution < 1.29 is 25.2 Å². The summed E-state index contributed by atoms with van der Waals surface area (Å²) in [5.41, 5.74) is 0. The second-order valence-electron chi connectivity index (χ2n) is 17.2. The number of unbranched alkanes of at least 4 members (excludes halogenated alkanes) is 32. The fourth-order valence-electron chi connectivity index (χ4n) is 7.68. The number of carbonyl (C=O) groups is 1. The van der Waals surface area contributed by atoms with Gasteiger partial charge < -0.3 is 25.7 Å². The van der Waals surface area contributed by atoms with Gasteiger partial charge in [-0.2, -0.15) is 0 Å². The Morgan fingerprint density at radius 3 is 1.12 bits per heavy atom. The quantitative estimate of drug-likeness (QED) is 0.0312. The minimum absolute atomic E-state index is 0.341. The molecule has 0 aliphatic heterocycles. The summed E-state index contributed by atoms with van der Waals surface area (Å²) in [6, 6.07) is -1.01. The predicted molar refractivity (Wildman–Crippen MR) is 242 cm³/mol. The molecule has 4 unspecified atom stereocenters. The summed E-state index contributed by atoms with van der Waals surface area (Å²) in [6.45, 7) is 3.98. The van der Waals surface area contributed by atoms with Crippen LogP contribution in [-0.2, 0) is 4.79 Å². The molecule has 5 N–H and O–H groups in total. The molecule has 4 atom stereocenters. The monoisotopic (exact) mass is 792 g/mol. The van der Waals surface area contributed by atoms with Crippen LogP contribution in [-0.4, -0.2) is 57.3 Å². The van der Waals surface area contributed by atoms with Gasteiger partial charge in [0.15, 0.2) is 0 Å². The predicted octanol–water partition coefficient (Wildman–Crippen LogP) is 13.5. The Labute approximate surface area is 348 Å². The van der Waals surface area contributed by atoms with Crippen molar-refractivity contribution in [2.45, 2.75) is 282 Å². The molecule has 56 heavy (non-hydrogen) atoms. The molecular weight excluding hydrogens is 695 g/mol. The average Bonchev–Trinajstić information content (AvgIpc) is 3.20. The zero-order valence-electron chi connectivity index (χ0n) is 37.4. The fourth-order valence-corrected chi connectivity index (χ4v) is 7.68. The van der Waals surface area contributed by atoms with E-state index in [2.05, 4.69) is 43.5 Å². The van der Waals surface area contributed by atoms with E-state index in [1.54, 1.807) is 0 Å². The Hall–Kier alpha value is -1.21. The van der Waals surface area contributed by atoms with E-state index in [9.17, 15) is 25.2 Å². The first-order chi connectivity index (χ1) is 27.5. The van der Waals surface area contributed by atoms with Crippen LogP contribution in [0.25, 0.3) is 0 Å². The van der Waals surface area contributed by atoms with Gasteiger partial charge in [0.25, 0.3) is 0 Å². The first-order valence-electron chi connectivity index (χ1n) is 24.7. The molecular formula is C50H97NO5. The van der Waals surface area contributed by atoms with E-state index in [0.717, 1.165) is 51.4 Å². The third-order valence-electron chi connectivity index (χ3n) is 11.6. The van der Waals surface area contributed by atoms with Gasteiger partial charge in [0, 0.05) is 0 Å². The van der Waals surface area contributed by atoms with E-state index < -0.39 is 36.9 Å². The highest BCUT2D eigenvalue weighted by molar-refractivity contribution is 5.80. The lowest BCUT2D eigenvalue weighted by Gasteiger charge is -2.27. The second kappa shape index (κ2) is 44.9. The lowest BCUT2D eigenvalue weighted by molar-refractivity contribution is -0.132. The van der Waals surface area contributed by atoms with Crippen molar-refractivity contribution in [3.8, 4) is 0 Å². The summed E-state index contributed by atoms with van der Waals surface area (Å²) in [4.78, 5) is 12.4. The highest BCUT2D eigenvalue weighted by Crippen LogP contribution is 2.17. The molecule has 0 saturated carbocycles. The Morgan fingerprint density at radius 1 is 0.429 bits per heavy atom. The van der Waals surface area contributed by atoms with Crippen LogP contribution in [0.2, 0.25) is 0 Å². The number of aliphatic hydroxyl groups excluding tert-OH is 4. The van der Waals surface area contributed by atoms with Gasteiger partial charge in [0.1, 0.15) is 12.2 Å². The molecule has 332 valence electrons. The normalized spacial score (nSPS) is 14.2. The molecule has 0 aliphatic rings. The molecule has 6 nitrogen and oxygen atoms in total. The molecule has 0 spiro atoms. The highest BCUT2D eigenvalue weighted by Gasteiger charge is 2.28. The molecule has 0 saturated heterocycles. The van der Waals surface area contributed by atoms with E-state index in [0.29, 0.717) is 12.8 Å². The Balaban J connectivity index is 3.57. The SMILES string of the molecule is CCCC/C=C\CCCCCC(O)C(=O)NC(CO)C(O)C(O)CCC/C=C/CCCCCCCCCCCCCCCCCCCCCCCCCCCC. The number of amides is 1. The lowest BCUT2D eigenvalue weighted by atomic mass is 10.00. The maximum Gasteiger partial charge on any atom is 0.249 e. The summed E-state index contributed by atoms with van der Waals surface area (Å²) >= 11 is 0. The van der Waals surface area contributed by atoms with Gasteiger partial charge in [0.05, 0.1) is 18.8 Å². The molecule has 0 aromatic carbocycles. The molecule has 1 amide bonds. The van der Waals surface area contributed by atoms with Crippen molar-refractivity contribution >= 4 is 5.91 Å². The molecule has 0 aromatic rings. The Bertz CT molecular complexity index is 847. The number of carbonyl (C=O) groups excluding carboxylic acids is 1. The largest absolute Gasteiger partial charge is 0.394 e. The van der Waals surface area contributed by atoms with Gasteiger partial charge in [-0.25, -0.2) is 0 Å². The van der Waals surface area contributed by atoms with Crippen LogP contribution >= 0.6 is 0 Å². The lowest BCUT2D eigenvalue weighted by Crippen LogP contribution is -2.53. The molecule has 0 radical (unpaired) electrons. The van der Waals surface area contributed by atoms with E-state index in [1.165, 1.54) is 180 Å². The highest BCUT2D eigenvalue weighted by atomic mass is 16.3. The fraction of sp³-hybridized carbons (Fsp3) is 0.900. The van der Waals surface area contributed by atoms with Gasteiger partial charge in [-0.05, 0) is 57.8 Å². The van der Waals surface area contributed by atoms with Crippen LogP contribution in [0, 0.1) is 0 Å². The molecule has 0 aromatic heterocycles.